The van der Waals surface area contributed by atoms with Crippen LogP contribution in [0.25, 0.3) is 5.57 Å². The number of hydrogen-bond acceptors (Lipinski definition) is 6. The molecule has 3 N–H and O–H groups in total. The summed E-state index contributed by atoms with van der Waals surface area (Å²) in [5.74, 6) is 1.67. The molecule has 1 amide bonds. The highest BCUT2D eigenvalue weighted by molar-refractivity contribution is 5.81. The average Bonchev–Trinajstić information content (AvgIpc) is 3.28. The summed E-state index contributed by atoms with van der Waals surface area (Å²) in [5.41, 5.74) is 7.85. The van der Waals surface area contributed by atoms with Gasteiger partial charge in [-0.15, -0.1) is 5.48 Å². The number of aromatic nitrogens is 1. The van der Waals surface area contributed by atoms with Gasteiger partial charge in [-0.2, -0.15) is 0 Å². The standard InChI is InChI=1S/C31H44N4O3/c1-30-14-12-23(35-38-29(37)11-10-28(36)34-18-17-32-3)19-22(30)6-7-24-26-9-8-25(21-5-4-16-33-20-21)31(26,2)15-13-27(24)30/h4-5,8,16,19-20,23-24,26-27,32,35H,6-7,9-15,17-18H2,1-3H3,(H,34,36)/t23?,24-,26+,27+,30+,31-/m1/s1. The molecular formula is C31H44N4O3. The fourth-order valence-electron chi connectivity index (χ4n) is 8.18. The number of amides is 1. The predicted octanol–water partition coefficient (Wildman–Crippen LogP) is 4.57. The van der Waals surface area contributed by atoms with Crippen LogP contribution in [-0.2, 0) is 14.4 Å². The van der Waals surface area contributed by atoms with Gasteiger partial charge in [-0.05, 0) is 97.8 Å². The lowest BCUT2D eigenvalue weighted by atomic mass is 9.46. The zero-order valence-electron chi connectivity index (χ0n) is 23.2. The summed E-state index contributed by atoms with van der Waals surface area (Å²) in [4.78, 5) is 33.8. The van der Waals surface area contributed by atoms with E-state index in [1.807, 2.05) is 19.4 Å². The third kappa shape index (κ3) is 5.20. The minimum Gasteiger partial charge on any atom is -0.370 e. The van der Waals surface area contributed by atoms with E-state index in [4.69, 9.17) is 4.84 Å². The van der Waals surface area contributed by atoms with Gasteiger partial charge < -0.3 is 15.5 Å². The Morgan fingerprint density at radius 1 is 1.08 bits per heavy atom. The Labute approximate surface area is 227 Å². The van der Waals surface area contributed by atoms with Crippen molar-refractivity contribution in [1.82, 2.24) is 21.1 Å². The van der Waals surface area contributed by atoms with Gasteiger partial charge in [-0.3, -0.25) is 14.6 Å². The van der Waals surface area contributed by atoms with Crippen molar-refractivity contribution in [2.45, 2.75) is 77.7 Å². The number of pyridine rings is 1. The van der Waals surface area contributed by atoms with Crippen molar-refractivity contribution >= 4 is 17.4 Å². The molecule has 0 aromatic carbocycles. The van der Waals surface area contributed by atoms with E-state index in [1.54, 1.807) is 5.57 Å². The first-order valence-corrected chi connectivity index (χ1v) is 14.5. The van der Waals surface area contributed by atoms with Gasteiger partial charge in [0.15, 0.2) is 0 Å². The molecule has 7 heteroatoms. The summed E-state index contributed by atoms with van der Waals surface area (Å²) in [6.07, 6.45) is 17.1. The summed E-state index contributed by atoms with van der Waals surface area (Å²) >= 11 is 0. The van der Waals surface area contributed by atoms with Gasteiger partial charge in [0.2, 0.25) is 5.91 Å². The average molecular weight is 521 g/mol. The van der Waals surface area contributed by atoms with Crippen molar-refractivity contribution in [3.63, 3.8) is 0 Å². The normalized spacial score (nSPS) is 33.8. The first-order valence-electron chi connectivity index (χ1n) is 14.5. The number of hydrogen-bond donors (Lipinski definition) is 3. The molecule has 0 aliphatic heterocycles. The van der Waals surface area contributed by atoms with Crippen molar-refractivity contribution in [1.29, 1.82) is 0 Å². The number of rotatable bonds is 9. The van der Waals surface area contributed by atoms with Crippen LogP contribution in [0, 0.1) is 28.6 Å². The predicted molar refractivity (Wildman–Crippen MR) is 148 cm³/mol. The molecule has 2 fully saturated rings. The number of carbonyl (C=O) groups excluding carboxylic acids is 2. The maximum Gasteiger partial charge on any atom is 0.325 e. The quantitative estimate of drug-likeness (QED) is 0.251. The number of hydroxylamine groups is 1. The van der Waals surface area contributed by atoms with E-state index in [-0.39, 0.29) is 41.6 Å². The third-order valence-electron chi connectivity index (χ3n) is 10.2. The third-order valence-corrected chi connectivity index (χ3v) is 10.2. The summed E-state index contributed by atoms with van der Waals surface area (Å²) in [6, 6.07) is 4.33. The van der Waals surface area contributed by atoms with Crippen LogP contribution in [0.2, 0.25) is 0 Å². The first kappa shape index (κ1) is 27.1. The molecule has 206 valence electrons. The van der Waals surface area contributed by atoms with Crippen molar-refractivity contribution in [3.05, 3.63) is 47.8 Å². The second-order valence-electron chi connectivity index (χ2n) is 12.3. The molecule has 4 aliphatic carbocycles. The van der Waals surface area contributed by atoms with E-state index in [9.17, 15) is 9.59 Å². The molecule has 1 heterocycles. The number of allylic oxidation sites excluding steroid dienone is 3. The van der Waals surface area contributed by atoms with E-state index in [0.717, 1.165) is 25.2 Å². The maximum atomic E-state index is 12.2. The molecule has 0 radical (unpaired) electrons. The van der Waals surface area contributed by atoms with Crippen LogP contribution in [0.3, 0.4) is 0 Å². The van der Waals surface area contributed by atoms with Gasteiger partial charge >= 0.3 is 5.97 Å². The van der Waals surface area contributed by atoms with Crippen LogP contribution in [0.5, 0.6) is 0 Å². The summed E-state index contributed by atoms with van der Waals surface area (Å²) in [6.45, 7) is 6.27. The Kier molecular flexibility index (Phi) is 8.06. The van der Waals surface area contributed by atoms with Gasteiger partial charge in [0.25, 0.3) is 0 Å². The molecule has 5 rings (SSSR count). The number of nitrogens with one attached hydrogen (secondary N) is 3. The number of likely N-dealkylation sites (N-methyl/N-ethyl adjacent to an activating group) is 1. The van der Waals surface area contributed by atoms with E-state index >= 15 is 0 Å². The lowest BCUT2D eigenvalue weighted by molar-refractivity contribution is -0.153. The molecule has 0 saturated heterocycles. The summed E-state index contributed by atoms with van der Waals surface area (Å²) in [7, 11) is 1.83. The molecule has 1 unspecified atom stereocenters. The molecular weight excluding hydrogens is 476 g/mol. The maximum absolute atomic E-state index is 12.2. The van der Waals surface area contributed by atoms with Crippen molar-refractivity contribution in [2.75, 3.05) is 20.1 Å². The lowest BCUT2D eigenvalue weighted by Crippen LogP contribution is -2.51. The Balaban J connectivity index is 1.17. The van der Waals surface area contributed by atoms with Crippen LogP contribution in [0.1, 0.15) is 77.2 Å². The minimum atomic E-state index is -0.381. The molecule has 38 heavy (non-hydrogen) atoms. The lowest BCUT2D eigenvalue weighted by Gasteiger charge is -2.58. The van der Waals surface area contributed by atoms with Gasteiger partial charge in [0.1, 0.15) is 0 Å². The molecule has 1 aromatic heterocycles. The van der Waals surface area contributed by atoms with E-state index in [1.165, 1.54) is 36.8 Å². The highest BCUT2D eigenvalue weighted by atomic mass is 16.7. The molecule has 0 spiro atoms. The van der Waals surface area contributed by atoms with E-state index < -0.39 is 0 Å². The van der Waals surface area contributed by atoms with Crippen molar-refractivity contribution in [3.8, 4) is 0 Å². The highest BCUT2D eigenvalue weighted by Crippen LogP contribution is 2.66. The van der Waals surface area contributed by atoms with Crippen molar-refractivity contribution in [2.24, 2.45) is 28.6 Å². The molecule has 4 aliphatic rings. The number of carbonyl (C=O) groups is 2. The largest absolute Gasteiger partial charge is 0.370 e. The molecule has 1 aromatic rings. The number of nitrogens with zero attached hydrogens (tertiary/aromatic N) is 1. The van der Waals surface area contributed by atoms with Crippen molar-refractivity contribution < 1.29 is 14.4 Å². The fourth-order valence-corrected chi connectivity index (χ4v) is 8.18. The molecule has 0 bridgehead atoms. The van der Waals surface area contributed by atoms with Gasteiger partial charge in [0.05, 0.1) is 12.5 Å². The highest BCUT2D eigenvalue weighted by Gasteiger charge is 2.57. The Hall–Kier alpha value is -2.51. The summed E-state index contributed by atoms with van der Waals surface area (Å²) in [5, 5.41) is 5.76. The molecule has 6 atom stereocenters. The first-order chi connectivity index (χ1) is 18.3. The second kappa shape index (κ2) is 11.3. The van der Waals surface area contributed by atoms with Gasteiger partial charge in [0, 0.05) is 31.9 Å². The van der Waals surface area contributed by atoms with E-state index in [0.29, 0.717) is 24.9 Å². The monoisotopic (exact) mass is 520 g/mol. The smallest absolute Gasteiger partial charge is 0.325 e. The Morgan fingerprint density at radius 2 is 1.92 bits per heavy atom. The van der Waals surface area contributed by atoms with Crippen LogP contribution in [0.4, 0.5) is 0 Å². The van der Waals surface area contributed by atoms with Gasteiger partial charge in [-0.25, -0.2) is 0 Å². The summed E-state index contributed by atoms with van der Waals surface area (Å²) < 4.78 is 0. The molecule has 7 nitrogen and oxygen atoms in total. The number of fused-ring (bicyclic) bond motifs is 5. The second-order valence-corrected chi connectivity index (χ2v) is 12.3. The topological polar surface area (TPSA) is 92.3 Å². The Bertz CT molecular complexity index is 1090. The van der Waals surface area contributed by atoms with Gasteiger partial charge in [-0.1, -0.05) is 37.6 Å². The van der Waals surface area contributed by atoms with Crippen LogP contribution < -0.4 is 16.1 Å². The molecule has 2 saturated carbocycles. The fraction of sp³-hybridized carbons (Fsp3) is 0.645. The van der Waals surface area contributed by atoms with Crippen LogP contribution >= 0.6 is 0 Å². The zero-order valence-corrected chi connectivity index (χ0v) is 23.2. The van der Waals surface area contributed by atoms with Crippen LogP contribution in [0.15, 0.2) is 42.3 Å². The van der Waals surface area contributed by atoms with E-state index in [2.05, 4.69) is 59.2 Å². The Morgan fingerprint density at radius 3 is 2.71 bits per heavy atom. The van der Waals surface area contributed by atoms with Crippen LogP contribution in [-0.4, -0.2) is 43.0 Å². The zero-order chi connectivity index (χ0) is 26.8. The SMILES string of the molecule is CNCCNC(=O)CCC(=O)ONC1C=C2CC[C@H]3[C@H](CC[C@]4(C)C(c5cccnc5)=CC[C@@H]34)[C@@]2(C)CC1. The minimum absolute atomic E-state index is 0.0437.